The Bertz CT molecular complexity index is 1740. The first-order valence-corrected chi connectivity index (χ1v) is 19.2. The van der Waals surface area contributed by atoms with Crippen molar-refractivity contribution in [3.8, 4) is 0 Å². The number of ether oxygens (including phenoxy) is 2. The molecule has 2 heterocycles. The molecular formula is C38H51N3O9S. The summed E-state index contributed by atoms with van der Waals surface area (Å²) in [5.74, 6) is -0.900. The van der Waals surface area contributed by atoms with Gasteiger partial charge in [-0.2, -0.15) is 0 Å². The summed E-state index contributed by atoms with van der Waals surface area (Å²) in [5, 5.41) is 49.4. The van der Waals surface area contributed by atoms with Crippen molar-refractivity contribution in [2.24, 2.45) is 5.41 Å². The summed E-state index contributed by atoms with van der Waals surface area (Å²) in [6.45, 7) is 3.47. The van der Waals surface area contributed by atoms with Crippen molar-refractivity contribution in [1.29, 1.82) is 0 Å². The van der Waals surface area contributed by atoms with Gasteiger partial charge in [0.15, 0.2) is 16.1 Å². The first kappa shape index (κ1) is 38.7. The summed E-state index contributed by atoms with van der Waals surface area (Å²) in [6, 6.07) is 20.6. The minimum atomic E-state index is -3.77. The van der Waals surface area contributed by atoms with E-state index in [9.17, 15) is 33.6 Å². The van der Waals surface area contributed by atoms with Gasteiger partial charge >= 0.3 is 6.03 Å². The number of hydrogen-bond donors (Lipinski definition) is 6. The molecule has 0 saturated carbocycles. The number of anilines is 2. The third kappa shape index (κ3) is 8.41. The number of fused-ring (bicyclic) bond motifs is 1. The molecule has 0 bridgehead atoms. The quantitative estimate of drug-likeness (QED) is 0.161. The molecule has 1 unspecified atom stereocenters. The first-order chi connectivity index (χ1) is 24.3. The zero-order valence-electron chi connectivity index (χ0n) is 29.6. The van der Waals surface area contributed by atoms with E-state index in [-0.39, 0.29) is 17.3 Å². The van der Waals surface area contributed by atoms with Crippen LogP contribution in [0.1, 0.15) is 62.1 Å². The Morgan fingerprint density at radius 3 is 2.41 bits per heavy atom. The summed E-state index contributed by atoms with van der Waals surface area (Å²) < 4.78 is 39.5. The van der Waals surface area contributed by atoms with Gasteiger partial charge in [0.25, 0.3) is 0 Å². The molecule has 0 spiro atoms. The Kier molecular flexibility index (Phi) is 12.4. The number of rotatable bonds is 12. The molecule has 0 radical (unpaired) electrons. The van der Waals surface area contributed by atoms with Gasteiger partial charge < -0.3 is 45.4 Å². The molecule has 1 saturated heterocycles. The Labute approximate surface area is 300 Å². The zero-order valence-corrected chi connectivity index (χ0v) is 30.4. The van der Waals surface area contributed by atoms with Crippen LogP contribution in [0.15, 0.2) is 77.7 Å². The summed E-state index contributed by atoms with van der Waals surface area (Å²) in [6.07, 6.45) is -4.90. The molecule has 3 aromatic carbocycles. The Hall–Kier alpha value is -3.56. The molecule has 8 atom stereocenters. The van der Waals surface area contributed by atoms with E-state index in [1.165, 1.54) is 0 Å². The smallest absolute Gasteiger partial charge is 0.321 e. The van der Waals surface area contributed by atoms with Crippen molar-refractivity contribution in [2.45, 2.75) is 93.7 Å². The van der Waals surface area contributed by atoms with Gasteiger partial charge in [0.05, 0.1) is 30.0 Å². The van der Waals surface area contributed by atoms with E-state index in [0.717, 1.165) is 24.1 Å². The van der Waals surface area contributed by atoms with Crippen LogP contribution < -0.4 is 15.5 Å². The van der Waals surface area contributed by atoms with Gasteiger partial charge in [-0.1, -0.05) is 69.2 Å². The fourth-order valence-corrected chi connectivity index (χ4v) is 9.53. The Morgan fingerprint density at radius 2 is 1.75 bits per heavy atom. The molecule has 3 aromatic rings. The number of benzene rings is 3. The fraction of sp³-hybridized carbons (Fsp3) is 0.500. The lowest BCUT2D eigenvalue weighted by atomic mass is 9.69. The second-order valence-corrected chi connectivity index (χ2v) is 15.8. The number of hydrogen-bond acceptors (Lipinski definition) is 10. The minimum absolute atomic E-state index is 0.0781. The Balaban J connectivity index is 1.42. The number of nitrogens with zero attached hydrogens (tertiary/aromatic N) is 1. The second-order valence-electron chi connectivity index (χ2n) is 13.9. The van der Waals surface area contributed by atoms with Gasteiger partial charge in [0.1, 0.15) is 24.4 Å². The SMILES string of the molecule is CCCC[C@]1(CC)CS(=O)(=O)c2ccc(N(C)C)cc2[C@H](c2cccc(NC(=O)N[C@@H]3OC(CO)[C@@H](O)[C@H](OCc4ccccc4)[C@H]3O)c2)[C@@H]1O. The predicted octanol–water partition coefficient (Wildman–Crippen LogP) is 3.77. The number of sulfone groups is 1. The van der Waals surface area contributed by atoms with Crippen molar-refractivity contribution < 1.29 is 43.1 Å². The van der Waals surface area contributed by atoms with Gasteiger partial charge in [-0.15, -0.1) is 0 Å². The molecule has 1 fully saturated rings. The fourth-order valence-electron chi connectivity index (χ4n) is 7.28. The van der Waals surface area contributed by atoms with Crippen LogP contribution in [0, 0.1) is 5.41 Å². The lowest BCUT2D eigenvalue weighted by Crippen LogP contribution is -2.64. The van der Waals surface area contributed by atoms with E-state index in [1.54, 1.807) is 30.3 Å². The molecule has 13 heteroatoms. The Morgan fingerprint density at radius 1 is 1.00 bits per heavy atom. The average molecular weight is 726 g/mol. The summed E-state index contributed by atoms with van der Waals surface area (Å²) in [5.41, 5.74) is 2.16. The molecule has 0 aliphatic carbocycles. The highest BCUT2D eigenvalue weighted by Gasteiger charge is 2.49. The molecule has 5 rings (SSSR count). The van der Waals surface area contributed by atoms with Gasteiger partial charge in [-0.25, -0.2) is 13.2 Å². The number of carbonyl (C=O) groups excluding carboxylic acids is 1. The minimum Gasteiger partial charge on any atom is -0.394 e. The lowest BCUT2D eigenvalue weighted by Gasteiger charge is -2.42. The first-order valence-electron chi connectivity index (χ1n) is 17.5. The van der Waals surface area contributed by atoms with Crippen LogP contribution in [-0.2, 0) is 25.9 Å². The third-order valence-electron chi connectivity index (χ3n) is 10.3. The number of urea groups is 1. The largest absolute Gasteiger partial charge is 0.394 e. The molecular weight excluding hydrogens is 674 g/mol. The maximum atomic E-state index is 14.0. The zero-order chi connectivity index (χ0) is 36.9. The van der Waals surface area contributed by atoms with Crippen LogP contribution in [0.4, 0.5) is 16.2 Å². The number of amides is 2. The highest BCUT2D eigenvalue weighted by atomic mass is 32.2. The van der Waals surface area contributed by atoms with Crippen molar-refractivity contribution >= 4 is 27.2 Å². The molecule has 2 aliphatic heterocycles. The van der Waals surface area contributed by atoms with E-state index in [0.29, 0.717) is 29.7 Å². The number of carbonyl (C=O) groups is 1. The molecule has 0 aromatic heterocycles. The number of nitrogens with one attached hydrogen (secondary N) is 2. The predicted molar refractivity (Wildman–Crippen MR) is 194 cm³/mol. The van der Waals surface area contributed by atoms with E-state index in [1.807, 2.05) is 75.3 Å². The van der Waals surface area contributed by atoms with Gasteiger partial charge in [0, 0.05) is 36.8 Å². The van der Waals surface area contributed by atoms with Crippen LogP contribution >= 0.6 is 0 Å². The number of aliphatic hydroxyl groups excluding tert-OH is 4. The standard InChI is InChI=1S/C38H51N3O9S/c1-5-7-18-38(6-2)23-51(47,48)30-17-16-27(41(3)4)20-28(30)31(35(38)45)25-14-11-15-26(19-25)39-37(46)40-36-33(44)34(32(43)29(21-42)50-36)49-22-24-12-9-8-10-13-24/h8-17,19-20,29,31-36,42-45H,5-7,18,21-23H2,1-4H3,(H2,39,40,46)/t29?,31-,32+,33+,34-,35-,36+,38+/m0/s1. The van der Waals surface area contributed by atoms with Gasteiger partial charge in [-0.3, -0.25) is 0 Å². The third-order valence-corrected chi connectivity index (χ3v) is 12.3. The molecule has 2 aliphatic rings. The van der Waals surface area contributed by atoms with E-state index in [4.69, 9.17) is 9.47 Å². The number of aliphatic hydroxyl groups is 4. The van der Waals surface area contributed by atoms with Crippen molar-refractivity contribution in [1.82, 2.24) is 5.32 Å². The average Bonchev–Trinajstić information content (AvgIpc) is 3.18. The van der Waals surface area contributed by atoms with E-state index in [2.05, 4.69) is 10.6 Å². The highest BCUT2D eigenvalue weighted by Crippen LogP contribution is 2.49. The molecule has 278 valence electrons. The molecule has 51 heavy (non-hydrogen) atoms. The van der Waals surface area contributed by atoms with Crippen LogP contribution in [-0.4, -0.2) is 98.1 Å². The maximum absolute atomic E-state index is 14.0. The van der Waals surface area contributed by atoms with Gasteiger partial charge in [0.2, 0.25) is 0 Å². The number of unbranched alkanes of at least 4 members (excludes halogenated alkanes) is 1. The lowest BCUT2D eigenvalue weighted by molar-refractivity contribution is -0.247. The summed E-state index contributed by atoms with van der Waals surface area (Å²) >= 11 is 0. The molecule has 12 nitrogen and oxygen atoms in total. The molecule has 2 amide bonds. The van der Waals surface area contributed by atoms with Crippen LogP contribution in [0.25, 0.3) is 0 Å². The van der Waals surface area contributed by atoms with Crippen molar-refractivity contribution in [3.63, 3.8) is 0 Å². The normalized spacial score (nSPS) is 28.7. The monoisotopic (exact) mass is 725 g/mol. The molecule has 6 N–H and O–H groups in total. The van der Waals surface area contributed by atoms with Crippen LogP contribution in [0.2, 0.25) is 0 Å². The van der Waals surface area contributed by atoms with Crippen molar-refractivity contribution in [3.05, 3.63) is 89.5 Å². The second kappa shape index (κ2) is 16.4. The van der Waals surface area contributed by atoms with Crippen LogP contribution in [0.3, 0.4) is 0 Å². The van der Waals surface area contributed by atoms with Crippen molar-refractivity contribution in [2.75, 3.05) is 36.7 Å². The summed E-state index contributed by atoms with van der Waals surface area (Å²) in [7, 11) is -0.0363. The topological polar surface area (TPSA) is 178 Å². The maximum Gasteiger partial charge on any atom is 0.321 e. The van der Waals surface area contributed by atoms with E-state index >= 15 is 0 Å². The summed E-state index contributed by atoms with van der Waals surface area (Å²) in [4.78, 5) is 15.4. The van der Waals surface area contributed by atoms with E-state index < -0.39 is 70.6 Å². The van der Waals surface area contributed by atoms with Crippen LogP contribution in [0.5, 0.6) is 0 Å². The highest BCUT2D eigenvalue weighted by molar-refractivity contribution is 7.91. The van der Waals surface area contributed by atoms with Gasteiger partial charge in [-0.05, 0) is 59.9 Å².